The highest BCUT2D eigenvalue weighted by Crippen LogP contribution is 2.22. The number of nitrogens with two attached hydrogens (primary N) is 1. The highest BCUT2D eigenvalue weighted by Gasteiger charge is 2.09. The van der Waals surface area contributed by atoms with Gasteiger partial charge in [-0.2, -0.15) is 11.3 Å². The van der Waals surface area contributed by atoms with E-state index >= 15 is 0 Å². The summed E-state index contributed by atoms with van der Waals surface area (Å²) in [5.74, 6) is 0.518. The SMILES string of the molecule is Nc1nn(-c2ccsc2)c2ncccc12. The van der Waals surface area contributed by atoms with Crippen LogP contribution in [0.4, 0.5) is 5.82 Å². The largest absolute Gasteiger partial charge is 0.382 e. The number of aromatic nitrogens is 3. The van der Waals surface area contributed by atoms with Crippen molar-refractivity contribution in [3.8, 4) is 5.69 Å². The number of hydrogen-bond acceptors (Lipinski definition) is 4. The maximum atomic E-state index is 5.81. The Morgan fingerprint density at radius 1 is 1.33 bits per heavy atom. The lowest BCUT2D eigenvalue weighted by Crippen LogP contribution is -1.96. The quantitative estimate of drug-likeness (QED) is 0.677. The van der Waals surface area contributed by atoms with Gasteiger partial charge in [-0.3, -0.25) is 0 Å². The third-order valence-electron chi connectivity index (χ3n) is 2.22. The molecule has 3 heterocycles. The smallest absolute Gasteiger partial charge is 0.165 e. The molecule has 0 saturated carbocycles. The predicted molar refractivity (Wildman–Crippen MR) is 61.2 cm³/mol. The zero-order valence-corrected chi connectivity index (χ0v) is 8.61. The normalized spacial score (nSPS) is 10.9. The fraction of sp³-hybridized carbons (Fsp3) is 0. The van der Waals surface area contributed by atoms with E-state index in [2.05, 4.69) is 10.1 Å². The van der Waals surface area contributed by atoms with Crippen LogP contribution in [0.15, 0.2) is 35.2 Å². The van der Waals surface area contributed by atoms with E-state index in [4.69, 9.17) is 5.73 Å². The number of thiophene rings is 1. The van der Waals surface area contributed by atoms with Crippen LogP contribution in [-0.2, 0) is 0 Å². The summed E-state index contributed by atoms with van der Waals surface area (Å²) in [7, 11) is 0. The van der Waals surface area contributed by atoms with Crippen LogP contribution in [0.1, 0.15) is 0 Å². The van der Waals surface area contributed by atoms with Gasteiger partial charge in [0.15, 0.2) is 11.5 Å². The summed E-state index contributed by atoms with van der Waals surface area (Å²) in [6.45, 7) is 0. The van der Waals surface area contributed by atoms with Gasteiger partial charge in [-0.25, -0.2) is 9.67 Å². The van der Waals surface area contributed by atoms with Crippen LogP contribution in [0.2, 0.25) is 0 Å². The van der Waals surface area contributed by atoms with Crippen LogP contribution in [0.3, 0.4) is 0 Å². The van der Waals surface area contributed by atoms with Crippen molar-refractivity contribution in [2.24, 2.45) is 0 Å². The van der Waals surface area contributed by atoms with E-state index in [0.29, 0.717) is 5.82 Å². The molecule has 0 aliphatic heterocycles. The van der Waals surface area contributed by atoms with Gasteiger partial charge in [-0.05, 0) is 23.6 Å². The topological polar surface area (TPSA) is 56.7 Å². The number of anilines is 1. The first-order valence-corrected chi connectivity index (χ1v) is 5.42. The van der Waals surface area contributed by atoms with Gasteiger partial charge in [0.25, 0.3) is 0 Å². The number of rotatable bonds is 1. The molecule has 3 rings (SSSR count). The van der Waals surface area contributed by atoms with Crippen molar-refractivity contribution in [2.75, 3.05) is 5.73 Å². The van der Waals surface area contributed by atoms with E-state index in [9.17, 15) is 0 Å². The first-order chi connectivity index (χ1) is 7.36. The summed E-state index contributed by atoms with van der Waals surface area (Å²) in [4.78, 5) is 4.28. The number of nitrogens with zero attached hydrogens (tertiary/aromatic N) is 3. The lowest BCUT2D eigenvalue weighted by molar-refractivity contribution is 0.907. The fourth-order valence-electron chi connectivity index (χ4n) is 1.53. The summed E-state index contributed by atoms with van der Waals surface area (Å²) in [5.41, 5.74) is 7.61. The highest BCUT2D eigenvalue weighted by molar-refractivity contribution is 7.08. The number of hydrogen-bond donors (Lipinski definition) is 1. The van der Waals surface area contributed by atoms with Crippen molar-refractivity contribution in [3.05, 3.63) is 35.2 Å². The monoisotopic (exact) mass is 216 g/mol. The Balaban J connectivity index is 2.37. The molecule has 0 aliphatic carbocycles. The molecule has 4 nitrogen and oxygen atoms in total. The average Bonchev–Trinajstić information content (AvgIpc) is 2.87. The molecule has 0 saturated heterocycles. The molecule has 0 bridgehead atoms. The predicted octanol–water partition coefficient (Wildman–Crippen LogP) is 2.06. The fourth-order valence-corrected chi connectivity index (χ4v) is 2.15. The second-order valence-electron chi connectivity index (χ2n) is 3.15. The molecule has 0 aromatic carbocycles. The molecule has 74 valence electrons. The van der Waals surface area contributed by atoms with Crippen molar-refractivity contribution in [1.82, 2.24) is 14.8 Å². The molecule has 0 amide bonds. The lowest BCUT2D eigenvalue weighted by Gasteiger charge is -1.96. The van der Waals surface area contributed by atoms with Crippen LogP contribution in [0.5, 0.6) is 0 Å². The first kappa shape index (κ1) is 8.43. The zero-order chi connectivity index (χ0) is 10.3. The minimum atomic E-state index is 0.518. The Hall–Kier alpha value is -1.88. The Labute approximate surface area is 90.0 Å². The van der Waals surface area contributed by atoms with Gasteiger partial charge in [-0.15, -0.1) is 5.10 Å². The molecule has 5 heteroatoms. The van der Waals surface area contributed by atoms with E-state index in [0.717, 1.165) is 16.7 Å². The van der Waals surface area contributed by atoms with Gasteiger partial charge >= 0.3 is 0 Å². The van der Waals surface area contributed by atoms with E-state index < -0.39 is 0 Å². The molecule has 0 radical (unpaired) electrons. The van der Waals surface area contributed by atoms with Crippen molar-refractivity contribution >= 4 is 28.2 Å². The van der Waals surface area contributed by atoms with Crippen LogP contribution in [0, 0.1) is 0 Å². The van der Waals surface area contributed by atoms with Gasteiger partial charge in [0, 0.05) is 11.6 Å². The standard InChI is InChI=1S/C10H8N4S/c11-9-8-2-1-4-12-10(8)14(13-9)7-3-5-15-6-7/h1-6H,(H2,11,13). The van der Waals surface area contributed by atoms with E-state index in [1.807, 2.05) is 29.0 Å². The molecule has 15 heavy (non-hydrogen) atoms. The summed E-state index contributed by atoms with van der Waals surface area (Å²) < 4.78 is 1.77. The highest BCUT2D eigenvalue weighted by atomic mass is 32.1. The minimum Gasteiger partial charge on any atom is -0.382 e. The third-order valence-corrected chi connectivity index (χ3v) is 2.89. The summed E-state index contributed by atoms with van der Waals surface area (Å²) in [6, 6.07) is 5.77. The molecule has 0 unspecified atom stereocenters. The Morgan fingerprint density at radius 3 is 3.07 bits per heavy atom. The van der Waals surface area contributed by atoms with Gasteiger partial charge in [0.1, 0.15) is 0 Å². The minimum absolute atomic E-state index is 0.518. The van der Waals surface area contributed by atoms with Gasteiger partial charge in [0.05, 0.1) is 11.1 Å². The molecule has 0 fully saturated rings. The maximum absolute atomic E-state index is 5.81. The number of pyridine rings is 1. The van der Waals surface area contributed by atoms with Crippen molar-refractivity contribution < 1.29 is 0 Å². The third kappa shape index (κ3) is 1.20. The molecule has 0 atom stereocenters. The van der Waals surface area contributed by atoms with E-state index in [1.165, 1.54) is 0 Å². The molecule has 3 aromatic rings. The van der Waals surface area contributed by atoms with Crippen molar-refractivity contribution in [2.45, 2.75) is 0 Å². The number of fused-ring (bicyclic) bond motifs is 1. The first-order valence-electron chi connectivity index (χ1n) is 4.48. The molecule has 0 aliphatic rings. The summed E-state index contributed by atoms with van der Waals surface area (Å²) in [5, 5.41) is 9.18. The Bertz CT molecular complexity index is 597. The Morgan fingerprint density at radius 2 is 2.27 bits per heavy atom. The zero-order valence-electron chi connectivity index (χ0n) is 7.79. The molecular formula is C10H8N4S. The summed E-state index contributed by atoms with van der Waals surface area (Å²) in [6.07, 6.45) is 1.74. The molecule has 0 spiro atoms. The molecular weight excluding hydrogens is 208 g/mol. The van der Waals surface area contributed by atoms with Gasteiger partial charge in [-0.1, -0.05) is 0 Å². The summed E-state index contributed by atoms with van der Waals surface area (Å²) >= 11 is 1.62. The van der Waals surface area contributed by atoms with Crippen LogP contribution in [-0.4, -0.2) is 14.8 Å². The van der Waals surface area contributed by atoms with Crippen LogP contribution < -0.4 is 5.73 Å². The maximum Gasteiger partial charge on any atom is 0.165 e. The second kappa shape index (κ2) is 3.06. The Kier molecular flexibility index (Phi) is 1.72. The average molecular weight is 216 g/mol. The second-order valence-corrected chi connectivity index (χ2v) is 3.93. The van der Waals surface area contributed by atoms with E-state index in [1.54, 1.807) is 22.2 Å². The number of nitrogen functional groups attached to an aromatic ring is 1. The van der Waals surface area contributed by atoms with Gasteiger partial charge < -0.3 is 5.73 Å². The van der Waals surface area contributed by atoms with Crippen LogP contribution in [0.25, 0.3) is 16.7 Å². The van der Waals surface area contributed by atoms with E-state index in [-0.39, 0.29) is 0 Å². The van der Waals surface area contributed by atoms with Crippen molar-refractivity contribution in [3.63, 3.8) is 0 Å². The van der Waals surface area contributed by atoms with Crippen molar-refractivity contribution in [1.29, 1.82) is 0 Å². The molecule has 3 aromatic heterocycles. The lowest BCUT2D eigenvalue weighted by atomic mass is 10.3. The molecule has 2 N–H and O–H groups in total. The van der Waals surface area contributed by atoms with Crippen LogP contribution >= 0.6 is 11.3 Å². The van der Waals surface area contributed by atoms with Gasteiger partial charge in [0.2, 0.25) is 0 Å².